The van der Waals surface area contributed by atoms with Gasteiger partial charge in [-0.25, -0.2) is 24.9 Å². The topological polar surface area (TPSA) is 67.7 Å². The van der Waals surface area contributed by atoms with Gasteiger partial charge in [0.2, 0.25) is 0 Å². The van der Waals surface area contributed by atoms with Crippen molar-refractivity contribution in [2.45, 2.75) is 26.4 Å². The summed E-state index contributed by atoms with van der Waals surface area (Å²) in [6.07, 6.45) is 7.80. The second-order valence-electron chi connectivity index (χ2n) is 6.13. The van der Waals surface area contributed by atoms with Crippen LogP contribution in [0.2, 0.25) is 5.15 Å². The highest BCUT2D eigenvalue weighted by atomic mass is 35.5. The van der Waals surface area contributed by atoms with E-state index in [1.807, 2.05) is 19.2 Å². The summed E-state index contributed by atoms with van der Waals surface area (Å²) in [7, 11) is 0. The maximum atomic E-state index is 5.94. The number of aryl methyl sites for hydroxylation is 1. The largest absolute Gasteiger partial charge is 0.294 e. The number of aromatic nitrogens is 5. The van der Waals surface area contributed by atoms with Crippen molar-refractivity contribution in [1.82, 2.24) is 29.8 Å². The van der Waals surface area contributed by atoms with E-state index in [2.05, 4.69) is 30.9 Å². The quantitative estimate of drug-likeness (QED) is 0.675. The lowest BCUT2D eigenvalue weighted by Crippen LogP contribution is -2.31. The summed E-state index contributed by atoms with van der Waals surface area (Å²) < 4.78 is 0. The Bertz CT molecular complexity index is 899. The van der Waals surface area contributed by atoms with Gasteiger partial charge in [0, 0.05) is 55.9 Å². The molecule has 0 fully saturated rings. The number of fused-ring (bicyclic) bond motifs is 1. The molecule has 0 saturated carbocycles. The third-order valence-corrected chi connectivity index (χ3v) is 4.60. The first-order valence-electron chi connectivity index (χ1n) is 8.13. The highest BCUT2D eigenvalue weighted by molar-refractivity contribution is 6.29. The summed E-state index contributed by atoms with van der Waals surface area (Å²) in [6.45, 7) is 4.64. The third-order valence-electron chi connectivity index (χ3n) is 4.39. The van der Waals surface area contributed by atoms with E-state index >= 15 is 0 Å². The maximum Gasteiger partial charge on any atom is 0.162 e. The Hall–Kier alpha value is -2.44. The van der Waals surface area contributed by atoms with Crippen LogP contribution in [0.4, 0.5) is 0 Å². The van der Waals surface area contributed by atoms with Crippen molar-refractivity contribution in [2.75, 3.05) is 6.54 Å². The fourth-order valence-corrected chi connectivity index (χ4v) is 3.22. The number of nitrogens with zero attached hydrogens (tertiary/aromatic N) is 6. The average molecular weight is 353 g/mol. The van der Waals surface area contributed by atoms with E-state index in [1.54, 1.807) is 12.4 Å². The van der Waals surface area contributed by atoms with Crippen LogP contribution in [0, 0.1) is 6.92 Å². The standard InChI is InChI=1S/C18H17ClN6/c1-12-13(2-3-17(19)23-12)9-25-5-4-16-15(10-25)8-22-18(24-16)14-6-20-11-21-7-14/h2-3,6-8,11H,4-5,9-10H2,1H3. The van der Waals surface area contributed by atoms with Crippen LogP contribution in [0.5, 0.6) is 0 Å². The molecule has 4 heterocycles. The van der Waals surface area contributed by atoms with Crippen LogP contribution in [0.3, 0.4) is 0 Å². The molecule has 0 N–H and O–H groups in total. The molecule has 6 nitrogen and oxygen atoms in total. The lowest BCUT2D eigenvalue weighted by atomic mass is 10.1. The molecule has 0 saturated heterocycles. The van der Waals surface area contributed by atoms with Crippen molar-refractivity contribution in [3.05, 3.63) is 64.7 Å². The van der Waals surface area contributed by atoms with Crippen molar-refractivity contribution in [1.29, 1.82) is 0 Å². The highest BCUT2D eigenvalue weighted by Crippen LogP contribution is 2.22. The summed E-state index contributed by atoms with van der Waals surface area (Å²) in [6, 6.07) is 3.90. The molecule has 3 aromatic heterocycles. The molecule has 25 heavy (non-hydrogen) atoms. The van der Waals surface area contributed by atoms with E-state index < -0.39 is 0 Å². The highest BCUT2D eigenvalue weighted by Gasteiger charge is 2.19. The van der Waals surface area contributed by atoms with Gasteiger partial charge in [0.25, 0.3) is 0 Å². The second kappa shape index (κ2) is 6.82. The second-order valence-corrected chi connectivity index (χ2v) is 6.52. The number of rotatable bonds is 3. The molecule has 0 aromatic carbocycles. The van der Waals surface area contributed by atoms with Crippen LogP contribution >= 0.6 is 11.6 Å². The van der Waals surface area contributed by atoms with Gasteiger partial charge in [0.15, 0.2) is 5.82 Å². The lowest BCUT2D eigenvalue weighted by molar-refractivity contribution is 0.242. The smallest absolute Gasteiger partial charge is 0.162 e. The Morgan fingerprint density at radius 1 is 1.12 bits per heavy atom. The van der Waals surface area contributed by atoms with E-state index in [0.29, 0.717) is 11.0 Å². The van der Waals surface area contributed by atoms with Gasteiger partial charge in [0.05, 0.1) is 11.3 Å². The van der Waals surface area contributed by atoms with Gasteiger partial charge < -0.3 is 0 Å². The number of hydrogen-bond donors (Lipinski definition) is 0. The van der Waals surface area contributed by atoms with Crippen LogP contribution in [0.15, 0.2) is 37.1 Å². The molecule has 1 aliphatic heterocycles. The zero-order valence-corrected chi connectivity index (χ0v) is 14.6. The van der Waals surface area contributed by atoms with E-state index in [-0.39, 0.29) is 0 Å². The molecule has 7 heteroatoms. The van der Waals surface area contributed by atoms with Gasteiger partial charge in [-0.05, 0) is 18.6 Å². The first-order valence-corrected chi connectivity index (χ1v) is 8.51. The Kier molecular flexibility index (Phi) is 4.38. The first kappa shape index (κ1) is 16.1. The normalized spacial score (nSPS) is 14.3. The van der Waals surface area contributed by atoms with Crippen molar-refractivity contribution < 1.29 is 0 Å². The zero-order chi connectivity index (χ0) is 17.2. The molecule has 0 atom stereocenters. The van der Waals surface area contributed by atoms with E-state index in [1.165, 1.54) is 17.5 Å². The van der Waals surface area contributed by atoms with E-state index in [0.717, 1.165) is 43.0 Å². The molecule has 0 unspecified atom stereocenters. The predicted molar refractivity (Wildman–Crippen MR) is 94.9 cm³/mol. The summed E-state index contributed by atoms with van der Waals surface area (Å²) >= 11 is 5.94. The van der Waals surface area contributed by atoms with Crippen LogP contribution < -0.4 is 0 Å². The summed E-state index contributed by atoms with van der Waals surface area (Å²) in [5.74, 6) is 0.686. The van der Waals surface area contributed by atoms with Crippen molar-refractivity contribution in [2.24, 2.45) is 0 Å². The number of hydrogen-bond acceptors (Lipinski definition) is 6. The van der Waals surface area contributed by atoms with Crippen molar-refractivity contribution in [3.8, 4) is 11.4 Å². The number of pyridine rings is 1. The molecule has 0 radical (unpaired) electrons. The van der Waals surface area contributed by atoms with Gasteiger partial charge in [-0.3, -0.25) is 4.90 Å². The summed E-state index contributed by atoms with van der Waals surface area (Å²) in [4.78, 5) is 24.0. The van der Waals surface area contributed by atoms with Gasteiger partial charge >= 0.3 is 0 Å². The average Bonchev–Trinajstić information content (AvgIpc) is 2.64. The van der Waals surface area contributed by atoms with Gasteiger partial charge in [-0.2, -0.15) is 0 Å². The molecule has 0 amide bonds. The van der Waals surface area contributed by atoms with Gasteiger partial charge in [-0.15, -0.1) is 0 Å². The molecular formula is C18H17ClN6. The SMILES string of the molecule is Cc1nc(Cl)ccc1CN1CCc2nc(-c3cncnc3)ncc2C1. The maximum absolute atomic E-state index is 5.94. The zero-order valence-electron chi connectivity index (χ0n) is 13.9. The minimum Gasteiger partial charge on any atom is -0.294 e. The Morgan fingerprint density at radius 2 is 1.96 bits per heavy atom. The van der Waals surface area contributed by atoms with Crippen LogP contribution in [0.25, 0.3) is 11.4 Å². The van der Waals surface area contributed by atoms with Crippen molar-refractivity contribution in [3.63, 3.8) is 0 Å². The fourth-order valence-electron chi connectivity index (χ4n) is 3.03. The summed E-state index contributed by atoms with van der Waals surface area (Å²) in [5, 5.41) is 0.538. The van der Waals surface area contributed by atoms with Crippen LogP contribution in [-0.4, -0.2) is 36.4 Å². The summed E-state index contributed by atoms with van der Waals surface area (Å²) in [5.41, 5.74) is 5.30. The Balaban J connectivity index is 1.52. The molecule has 0 spiro atoms. The van der Waals surface area contributed by atoms with E-state index in [9.17, 15) is 0 Å². The van der Waals surface area contributed by atoms with Crippen molar-refractivity contribution >= 4 is 11.6 Å². The first-order chi connectivity index (χ1) is 12.2. The van der Waals surface area contributed by atoms with E-state index in [4.69, 9.17) is 16.6 Å². The van der Waals surface area contributed by atoms with Crippen LogP contribution in [-0.2, 0) is 19.5 Å². The fraction of sp³-hybridized carbons (Fsp3) is 0.278. The Labute approximate surface area is 151 Å². The molecule has 0 bridgehead atoms. The minimum absolute atomic E-state index is 0.538. The van der Waals surface area contributed by atoms with Gasteiger partial charge in [-0.1, -0.05) is 17.7 Å². The molecule has 4 rings (SSSR count). The molecule has 3 aromatic rings. The Morgan fingerprint density at radius 3 is 2.76 bits per heavy atom. The van der Waals surface area contributed by atoms with Gasteiger partial charge in [0.1, 0.15) is 11.5 Å². The monoisotopic (exact) mass is 352 g/mol. The molecular weight excluding hydrogens is 336 g/mol. The lowest BCUT2D eigenvalue weighted by Gasteiger charge is -2.28. The molecule has 0 aliphatic carbocycles. The third kappa shape index (κ3) is 3.50. The van der Waals surface area contributed by atoms with Crippen LogP contribution in [0.1, 0.15) is 22.5 Å². The minimum atomic E-state index is 0.538. The molecule has 126 valence electrons. The molecule has 1 aliphatic rings. The predicted octanol–water partition coefficient (Wildman–Crippen LogP) is 2.85. The number of halogens is 1.